The van der Waals surface area contributed by atoms with E-state index in [9.17, 15) is 4.79 Å². The maximum Gasteiger partial charge on any atom is 0.256 e. The van der Waals surface area contributed by atoms with Gasteiger partial charge >= 0.3 is 0 Å². The Morgan fingerprint density at radius 2 is 1.81 bits per heavy atom. The largest absolute Gasteiger partial charge is 0.321 e. The first-order chi connectivity index (χ1) is 9.95. The maximum atomic E-state index is 12.2. The van der Waals surface area contributed by atoms with Gasteiger partial charge in [0, 0.05) is 29.3 Å². The molecule has 0 spiro atoms. The third kappa shape index (κ3) is 2.96. The Morgan fingerprint density at radius 3 is 2.48 bits per heavy atom. The molecule has 1 aliphatic rings. The van der Waals surface area contributed by atoms with Crippen LogP contribution in [0.3, 0.4) is 0 Å². The van der Waals surface area contributed by atoms with Crippen LogP contribution >= 0.6 is 54.5 Å². The lowest BCUT2D eigenvalue weighted by molar-refractivity contribution is -0.110. The fourth-order valence-corrected chi connectivity index (χ4v) is 3.93. The summed E-state index contributed by atoms with van der Waals surface area (Å²) < 4.78 is 3.15. The summed E-state index contributed by atoms with van der Waals surface area (Å²) in [6, 6.07) is 9.99. The third-order valence-corrected chi connectivity index (χ3v) is 5.70. The van der Waals surface area contributed by atoms with Crippen LogP contribution in [0, 0.1) is 10.5 Å². The van der Waals surface area contributed by atoms with Crippen molar-refractivity contribution in [1.29, 1.82) is 0 Å². The van der Waals surface area contributed by atoms with E-state index in [0.29, 0.717) is 5.57 Å². The van der Waals surface area contributed by atoms with Crippen molar-refractivity contribution < 1.29 is 4.79 Å². The topological polar surface area (TPSA) is 29.1 Å². The molecule has 1 heterocycles. The highest BCUT2D eigenvalue weighted by Crippen LogP contribution is 2.35. The molecule has 1 aliphatic heterocycles. The molecule has 0 radical (unpaired) electrons. The minimum atomic E-state index is -0.0557. The van der Waals surface area contributed by atoms with Crippen molar-refractivity contribution in [3.05, 3.63) is 59.5 Å². The molecule has 2 nitrogen and oxygen atoms in total. The van der Waals surface area contributed by atoms with Crippen LogP contribution in [0.2, 0.25) is 0 Å². The van der Waals surface area contributed by atoms with Crippen LogP contribution in [-0.4, -0.2) is 5.91 Å². The third-order valence-electron chi connectivity index (χ3n) is 3.38. The van der Waals surface area contributed by atoms with Gasteiger partial charge in [0.05, 0.1) is 0 Å². The van der Waals surface area contributed by atoms with E-state index in [-0.39, 0.29) is 5.91 Å². The quantitative estimate of drug-likeness (QED) is 0.385. The Hall–Kier alpha value is -0.660. The molecular formula is C16H10Br2INO. The van der Waals surface area contributed by atoms with Crippen molar-refractivity contribution in [2.45, 2.75) is 6.92 Å². The van der Waals surface area contributed by atoms with E-state index in [0.717, 1.165) is 34.9 Å². The number of nitrogens with one attached hydrogen (secondary N) is 1. The molecule has 2 aromatic rings. The minimum Gasteiger partial charge on any atom is -0.321 e. The number of benzene rings is 2. The van der Waals surface area contributed by atoms with E-state index in [1.165, 1.54) is 0 Å². The van der Waals surface area contributed by atoms with Crippen LogP contribution in [-0.2, 0) is 4.79 Å². The van der Waals surface area contributed by atoms with Crippen LogP contribution in [0.4, 0.5) is 5.69 Å². The first-order valence-corrected chi connectivity index (χ1v) is 8.91. The van der Waals surface area contributed by atoms with Gasteiger partial charge in [0.2, 0.25) is 0 Å². The molecule has 1 N–H and O–H groups in total. The summed E-state index contributed by atoms with van der Waals surface area (Å²) >= 11 is 9.34. The lowest BCUT2D eigenvalue weighted by atomic mass is 10.0. The monoisotopic (exact) mass is 517 g/mol. The highest BCUT2D eigenvalue weighted by atomic mass is 127. The van der Waals surface area contributed by atoms with E-state index in [2.05, 4.69) is 59.8 Å². The normalized spacial score (nSPS) is 15.2. The zero-order valence-electron chi connectivity index (χ0n) is 11.0. The van der Waals surface area contributed by atoms with Gasteiger partial charge in [0.25, 0.3) is 5.91 Å². The molecule has 2 aromatic carbocycles. The van der Waals surface area contributed by atoms with Gasteiger partial charge < -0.3 is 5.32 Å². The first kappa shape index (κ1) is 15.2. The Kier molecular flexibility index (Phi) is 4.25. The molecule has 0 unspecified atom stereocenters. The van der Waals surface area contributed by atoms with Gasteiger partial charge in [0.15, 0.2) is 0 Å². The van der Waals surface area contributed by atoms with Crippen molar-refractivity contribution in [3.8, 4) is 0 Å². The number of hydrogen-bond acceptors (Lipinski definition) is 1. The Labute approximate surface area is 153 Å². The van der Waals surface area contributed by atoms with Gasteiger partial charge in [-0.1, -0.05) is 31.9 Å². The predicted molar refractivity (Wildman–Crippen MR) is 102 cm³/mol. The van der Waals surface area contributed by atoms with Crippen molar-refractivity contribution in [1.82, 2.24) is 0 Å². The molecule has 0 saturated carbocycles. The smallest absolute Gasteiger partial charge is 0.256 e. The van der Waals surface area contributed by atoms with Crippen molar-refractivity contribution in [3.63, 3.8) is 0 Å². The maximum absolute atomic E-state index is 12.2. The highest BCUT2D eigenvalue weighted by molar-refractivity contribution is 14.1. The summed E-state index contributed by atoms with van der Waals surface area (Å²) in [6.07, 6.45) is 1.92. The van der Waals surface area contributed by atoms with Crippen molar-refractivity contribution >= 4 is 77.7 Å². The molecule has 1 amide bonds. The molecule has 0 aliphatic carbocycles. The molecule has 0 bridgehead atoms. The number of fused-ring (bicyclic) bond motifs is 1. The second-order valence-corrected chi connectivity index (χ2v) is 7.77. The zero-order valence-corrected chi connectivity index (χ0v) is 16.3. The molecule has 5 heteroatoms. The molecule has 21 heavy (non-hydrogen) atoms. The molecule has 3 rings (SSSR count). The van der Waals surface area contributed by atoms with Gasteiger partial charge in [0.1, 0.15) is 0 Å². The fourth-order valence-electron chi connectivity index (χ4n) is 2.22. The predicted octanol–water partition coefficient (Wildman–Crippen LogP) is 5.62. The second kappa shape index (κ2) is 5.85. The van der Waals surface area contributed by atoms with Crippen molar-refractivity contribution in [2.75, 3.05) is 5.32 Å². The van der Waals surface area contributed by atoms with E-state index < -0.39 is 0 Å². The van der Waals surface area contributed by atoms with Gasteiger partial charge in [-0.2, -0.15) is 0 Å². The molecular weight excluding hydrogens is 509 g/mol. The number of rotatable bonds is 1. The van der Waals surface area contributed by atoms with Gasteiger partial charge in [-0.05, 0) is 77.0 Å². The van der Waals surface area contributed by atoms with E-state index in [4.69, 9.17) is 0 Å². The number of halogens is 3. The number of carbonyl (C=O) groups excluding carboxylic acids is 1. The Balaban J connectivity index is 2.13. The SMILES string of the molecule is Cc1c(Br)cc(C=C2C(=O)Nc3ccc(I)cc32)cc1Br. The first-order valence-electron chi connectivity index (χ1n) is 6.24. The summed E-state index contributed by atoms with van der Waals surface area (Å²) in [5, 5.41) is 2.90. The average Bonchev–Trinajstić information content (AvgIpc) is 2.72. The van der Waals surface area contributed by atoms with Crippen LogP contribution in [0.5, 0.6) is 0 Å². The zero-order chi connectivity index (χ0) is 15.1. The number of carbonyl (C=O) groups is 1. The van der Waals surface area contributed by atoms with Crippen LogP contribution in [0.15, 0.2) is 39.3 Å². The van der Waals surface area contributed by atoms with Crippen LogP contribution < -0.4 is 5.32 Å². The van der Waals surface area contributed by atoms with Gasteiger partial charge in [-0.15, -0.1) is 0 Å². The van der Waals surface area contributed by atoms with Gasteiger partial charge in [-0.3, -0.25) is 4.79 Å². The highest BCUT2D eigenvalue weighted by Gasteiger charge is 2.24. The lowest BCUT2D eigenvalue weighted by Crippen LogP contribution is -2.03. The van der Waals surface area contributed by atoms with E-state index in [1.54, 1.807) is 0 Å². The van der Waals surface area contributed by atoms with E-state index >= 15 is 0 Å². The molecule has 0 fully saturated rings. The fraction of sp³-hybridized carbons (Fsp3) is 0.0625. The number of amides is 1. The molecule has 106 valence electrons. The number of anilines is 1. The molecule has 0 aromatic heterocycles. The second-order valence-electron chi connectivity index (χ2n) is 4.81. The van der Waals surface area contributed by atoms with Crippen LogP contribution in [0.1, 0.15) is 16.7 Å². The number of hydrogen-bond donors (Lipinski definition) is 1. The summed E-state index contributed by atoms with van der Waals surface area (Å²) in [7, 11) is 0. The molecule has 0 atom stereocenters. The minimum absolute atomic E-state index is 0.0557. The lowest BCUT2D eigenvalue weighted by Gasteiger charge is -2.05. The summed E-state index contributed by atoms with van der Waals surface area (Å²) in [4.78, 5) is 12.2. The van der Waals surface area contributed by atoms with E-state index in [1.807, 2.05) is 43.3 Å². The summed E-state index contributed by atoms with van der Waals surface area (Å²) in [5.74, 6) is -0.0557. The summed E-state index contributed by atoms with van der Waals surface area (Å²) in [6.45, 7) is 2.03. The van der Waals surface area contributed by atoms with Crippen molar-refractivity contribution in [2.24, 2.45) is 0 Å². The molecule has 0 saturated heterocycles. The Morgan fingerprint density at radius 1 is 1.14 bits per heavy atom. The summed E-state index contributed by atoms with van der Waals surface area (Å²) in [5.41, 5.74) is 4.65. The Bertz CT molecular complexity index is 776. The van der Waals surface area contributed by atoms with Gasteiger partial charge in [-0.25, -0.2) is 0 Å². The van der Waals surface area contributed by atoms with Crippen LogP contribution in [0.25, 0.3) is 11.6 Å². The standard InChI is InChI=1S/C16H10Br2INO/c1-8-13(17)5-9(6-14(8)18)4-12-11-7-10(19)2-3-15(11)20-16(12)21/h2-7H,1H3,(H,20,21). The average molecular weight is 519 g/mol.